The molecule has 1 N–H and O–H groups in total. The summed E-state index contributed by atoms with van der Waals surface area (Å²) in [5.74, 6) is 0. The van der Waals surface area contributed by atoms with Crippen LogP contribution in [0.4, 0.5) is 0 Å². The van der Waals surface area contributed by atoms with Gasteiger partial charge in [0, 0.05) is 13.1 Å². The topological polar surface area (TPSA) is 12.0 Å². The molecule has 0 radical (unpaired) electrons. The van der Waals surface area contributed by atoms with Crippen LogP contribution in [-0.4, -0.2) is 13.1 Å². The number of hydrogen-bond acceptors (Lipinski definition) is 1. The van der Waals surface area contributed by atoms with Gasteiger partial charge in [0.15, 0.2) is 0 Å². The molecule has 0 rings (SSSR count). The molecule has 1 heteroatoms. The van der Waals surface area contributed by atoms with Gasteiger partial charge in [-0.25, -0.2) is 0 Å². The van der Waals surface area contributed by atoms with E-state index in [-0.39, 0.29) is 0 Å². The zero-order chi connectivity index (χ0) is 7.11. The average molecular weight is 125 g/mol. The lowest BCUT2D eigenvalue weighted by atomic mass is 10.3. The Morgan fingerprint density at radius 2 is 2.11 bits per heavy atom. The molecule has 0 spiro atoms. The summed E-state index contributed by atoms with van der Waals surface area (Å²) in [5.41, 5.74) is 1.35. The molecule has 0 heterocycles. The lowest BCUT2D eigenvalue weighted by Crippen LogP contribution is -2.12. The van der Waals surface area contributed by atoms with Crippen molar-refractivity contribution in [1.29, 1.82) is 0 Å². The first-order valence-corrected chi connectivity index (χ1v) is 3.22. The molecule has 0 fully saturated rings. The van der Waals surface area contributed by atoms with Crippen LogP contribution in [0.25, 0.3) is 0 Å². The highest BCUT2D eigenvalue weighted by molar-refractivity contribution is 4.94. The van der Waals surface area contributed by atoms with Gasteiger partial charge in [-0.2, -0.15) is 0 Å². The Balaban J connectivity index is 3.09. The van der Waals surface area contributed by atoms with Gasteiger partial charge < -0.3 is 5.32 Å². The highest BCUT2D eigenvalue weighted by Crippen LogP contribution is 1.84. The van der Waals surface area contributed by atoms with Crippen LogP contribution >= 0.6 is 0 Å². The Labute approximate surface area is 57.5 Å². The largest absolute Gasteiger partial charge is 0.310 e. The number of rotatable bonds is 4. The van der Waals surface area contributed by atoms with Crippen LogP contribution in [0.1, 0.15) is 13.8 Å². The molecule has 0 aliphatic carbocycles. The minimum absolute atomic E-state index is 0.893. The van der Waals surface area contributed by atoms with E-state index in [1.807, 2.05) is 6.08 Å². The lowest BCUT2D eigenvalue weighted by Gasteiger charge is -1.94. The van der Waals surface area contributed by atoms with Crippen molar-refractivity contribution >= 4 is 0 Å². The number of nitrogens with one attached hydrogen (secondary N) is 1. The molecule has 0 atom stereocenters. The van der Waals surface area contributed by atoms with Crippen LogP contribution in [-0.2, 0) is 0 Å². The minimum atomic E-state index is 0.893. The van der Waals surface area contributed by atoms with Gasteiger partial charge in [-0.1, -0.05) is 17.7 Å². The summed E-state index contributed by atoms with van der Waals surface area (Å²) >= 11 is 0. The Kier molecular flexibility index (Phi) is 5.23. The van der Waals surface area contributed by atoms with Crippen LogP contribution in [0.15, 0.2) is 24.3 Å². The van der Waals surface area contributed by atoms with Crippen LogP contribution in [0, 0.1) is 0 Å². The molecular formula is C8H15N. The molecule has 0 aromatic rings. The summed E-state index contributed by atoms with van der Waals surface area (Å²) in [6, 6.07) is 0. The molecule has 0 aliphatic heterocycles. The van der Waals surface area contributed by atoms with E-state index in [1.54, 1.807) is 0 Å². The first kappa shape index (κ1) is 8.44. The summed E-state index contributed by atoms with van der Waals surface area (Å²) in [6.07, 6.45) is 4.02. The Morgan fingerprint density at radius 1 is 1.44 bits per heavy atom. The second-order valence-electron chi connectivity index (χ2n) is 2.23. The van der Waals surface area contributed by atoms with E-state index in [0.29, 0.717) is 0 Å². The van der Waals surface area contributed by atoms with E-state index in [4.69, 9.17) is 0 Å². The van der Waals surface area contributed by atoms with Crippen molar-refractivity contribution in [3.05, 3.63) is 24.3 Å². The van der Waals surface area contributed by atoms with Gasteiger partial charge in [0.1, 0.15) is 0 Å². The van der Waals surface area contributed by atoms with Gasteiger partial charge in [0.05, 0.1) is 0 Å². The van der Waals surface area contributed by atoms with Crippen molar-refractivity contribution in [2.45, 2.75) is 13.8 Å². The van der Waals surface area contributed by atoms with Crippen molar-refractivity contribution in [1.82, 2.24) is 5.32 Å². The molecule has 1 nitrogen and oxygen atoms in total. The van der Waals surface area contributed by atoms with Crippen molar-refractivity contribution in [3.8, 4) is 0 Å². The summed E-state index contributed by atoms with van der Waals surface area (Å²) < 4.78 is 0. The molecule has 0 unspecified atom stereocenters. The minimum Gasteiger partial charge on any atom is -0.310 e. The zero-order valence-corrected chi connectivity index (χ0v) is 6.28. The standard InChI is InChI=1S/C8H15N/c1-4-6-9-7-5-8(2)3/h4-5,9H,1,6-7H2,2-3H3. The van der Waals surface area contributed by atoms with Crippen molar-refractivity contribution in [3.63, 3.8) is 0 Å². The van der Waals surface area contributed by atoms with E-state index in [9.17, 15) is 0 Å². The second-order valence-corrected chi connectivity index (χ2v) is 2.23. The zero-order valence-electron chi connectivity index (χ0n) is 6.28. The maximum atomic E-state index is 3.59. The third-order valence-corrected chi connectivity index (χ3v) is 0.943. The summed E-state index contributed by atoms with van der Waals surface area (Å²) in [4.78, 5) is 0. The van der Waals surface area contributed by atoms with Crippen LogP contribution in [0.3, 0.4) is 0 Å². The monoisotopic (exact) mass is 125 g/mol. The van der Waals surface area contributed by atoms with Crippen LogP contribution in [0.5, 0.6) is 0 Å². The Bertz CT molecular complexity index is 99.1. The quantitative estimate of drug-likeness (QED) is 0.445. The molecule has 0 saturated carbocycles. The molecule has 0 aliphatic rings. The summed E-state index contributed by atoms with van der Waals surface area (Å²) in [6.45, 7) is 9.63. The fraction of sp³-hybridized carbons (Fsp3) is 0.500. The summed E-state index contributed by atoms with van der Waals surface area (Å²) in [5, 5.41) is 3.17. The third-order valence-electron chi connectivity index (χ3n) is 0.943. The van der Waals surface area contributed by atoms with Crippen molar-refractivity contribution in [2.24, 2.45) is 0 Å². The maximum Gasteiger partial charge on any atom is 0.0140 e. The van der Waals surface area contributed by atoms with E-state index in [1.165, 1.54) is 5.57 Å². The van der Waals surface area contributed by atoms with E-state index in [2.05, 4.69) is 31.8 Å². The second kappa shape index (κ2) is 5.57. The highest BCUT2D eigenvalue weighted by Gasteiger charge is 1.76. The van der Waals surface area contributed by atoms with Gasteiger partial charge in [-0.15, -0.1) is 6.58 Å². The number of allylic oxidation sites excluding steroid dienone is 1. The van der Waals surface area contributed by atoms with Crippen LogP contribution in [0.2, 0.25) is 0 Å². The SMILES string of the molecule is C=CCNCC=C(C)C. The molecule has 0 saturated heterocycles. The van der Waals surface area contributed by atoms with E-state index >= 15 is 0 Å². The van der Waals surface area contributed by atoms with Gasteiger partial charge in [0.25, 0.3) is 0 Å². The molecule has 0 bridgehead atoms. The molecule has 0 aromatic heterocycles. The smallest absolute Gasteiger partial charge is 0.0140 e. The molecule has 0 amide bonds. The van der Waals surface area contributed by atoms with Gasteiger partial charge in [-0.05, 0) is 13.8 Å². The summed E-state index contributed by atoms with van der Waals surface area (Å²) in [7, 11) is 0. The van der Waals surface area contributed by atoms with Gasteiger partial charge in [0.2, 0.25) is 0 Å². The van der Waals surface area contributed by atoms with Gasteiger partial charge in [-0.3, -0.25) is 0 Å². The van der Waals surface area contributed by atoms with E-state index < -0.39 is 0 Å². The molecular weight excluding hydrogens is 110 g/mol. The lowest BCUT2D eigenvalue weighted by molar-refractivity contribution is 0.839. The van der Waals surface area contributed by atoms with E-state index in [0.717, 1.165) is 13.1 Å². The van der Waals surface area contributed by atoms with Crippen molar-refractivity contribution < 1.29 is 0 Å². The van der Waals surface area contributed by atoms with Gasteiger partial charge >= 0.3 is 0 Å². The Morgan fingerprint density at radius 3 is 2.56 bits per heavy atom. The first-order valence-electron chi connectivity index (χ1n) is 3.22. The van der Waals surface area contributed by atoms with Crippen LogP contribution < -0.4 is 5.32 Å². The predicted octanol–water partition coefficient (Wildman–Crippen LogP) is 1.73. The van der Waals surface area contributed by atoms with Crippen molar-refractivity contribution in [2.75, 3.05) is 13.1 Å². The highest BCUT2D eigenvalue weighted by atomic mass is 14.8. The normalized spacial score (nSPS) is 8.67. The average Bonchev–Trinajstić information content (AvgIpc) is 1.80. The molecule has 52 valence electrons. The first-order chi connectivity index (χ1) is 4.27. The number of hydrogen-bond donors (Lipinski definition) is 1. The Hall–Kier alpha value is -0.560. The third kappa shape index (κ3) is 7.44. The fourth-order valence-electron chi connectivity index (χ4n) is 0.462. The molecule has 0 aromatic carbocycles. The fourth-order valence-corrected chi connectivity index (χ4v) is 0.462. The molecule has 9 heavy (non-hydrogen) atoms. The predicted molar refractivity (Wildman–Crippen MR) is 42.5 cm³/mol. The maximum absolute atomic E-state index is 3.59.